The topological polar surface area (TPSA) is 68.2 Å². The van der Waals surface area contributed by atoms with Gasteiger partial charge in [-0.3, -0.25) is 4.79 Å². The summed E-state index contributed by atoms with van der Waals surface area (Å²) in [5, 5.41) is 2.82. The van der Waals surface area contributed by atoms with Crippen molar-refractivity contribution in [1.29, 1.82) is 0 Å². The van der Waals surface area contributed by atoms with E-state index in [1.54, 1.807) is 29.7 Å². The fraction of sp³-hybridized carbons (Fsp3) is 0.179. The van der Waals surface area contributed by atoms with Gasteiger partial charge in [-0.2, -0.15) is 0 Å². The molecule has 0 fully saturated rings. The van der Waals surface area contributed by atoms with Gasteiger partial charge < -0.3 is 9.88 Å². The molecule has 35 heavy (non-hydrogen) atoms. The molecule has 4 aromatic rings. The van der Waals surface area contributed by atoms with E-state index in [-0.39, 0.29) is 21.2 Å². The number of hydrogen-bond acceptors (Lipinski definition) is 3. The maximum absolute atomic E-state index is 13.9. The van der Waals surface area contributed by atoms with E-state index < -0.39 is 21.6 Å². The Labute approximate surface area is 205 Å². The van der Waals surface area contributed by atoms with E-state index in [0.717, 1.165) is 22.4 Å². The van der Waals surface area contributed by atoms with Crippen LogP contribution in [0.2, 0.25) is 0 Å². The molecule has 5 nitrogen and oxygen atoms in total. The third-order valence-corrected chi connectivity index (χ3v) is 8.26. The highest BCUT2D eigenvalue weighted by Gasteiger charge is 2.31. The Morgan fingerprint density at radius 2 is 1.54 bits per heavy atom. The first-order valence-electron chi connectivity index (χ1n) is 11.2. The summed E-state index contributed by atoms with van der Waals surface area (Å²) in [4.78, 5) is 13.3. The van der Waals surface area contributed by atoms with Crippen LogP contribution in [0.25, 0.3) is 0 Å². The number of benzene rings is 3. The highest BCUT2D eigenvalue weighted by atomic mass is 32.2. The van der Waals surface area contributed by atoms with Gasteiger partial charge in [-0.05, 0) is 86.3 Å². The molecule has 0 aliphatic rings. The van der Waals surface area contributed by atoms with Gasteiger partial charge in [-0.15, -0.1) is 0 Å². The maximum atomic E-state index is 13.9. The summed E-state index contributed by atoms with van der Waals surface area (Å²) >= 11 is 0. The molecule has 4 rings (SSSR count). The van der Waals surface area contributed by atoms with Crippen LogP contribution in [0.1, 0.15) is 38.3 Å². The highest BCUT2D eigenvalue weighted by Crippen LogP contribution is 2.36. The number of carbonyl (C=O) groups excluding carboxylic acids is 1. The molecule has 0 saturated heterocycles. The van der Waals surface area contributed by atoms with Crippen LogP contribution in [0.15, 0.2) is 82.6 Å². The summed E-state index contributed by atoms with van der Waals surface area (Å²) in [6.45, 7) is 7.74. The van der Waals surface area contributed by atoms with Crippen molar-refractivity contribution in [3.05, 3.63) is 112 Å². The van der Waals surface area contributed by atoms with Crippen molar-refractivity contribution in [2.24, 2.45) is 0 Å². The maximum Gasteiger partial charge on any atom is 0.256 e. The minimum atomic E-state index is -3.96. The molecule has 1 amide bonds. The normalized spacial score (nSPS) is 11.5. The summed E-state index contributed by atoms with van der Waals surface area (Å²) in [5.74, 6) is -0.788. The summed E-state index contributed by atoms with van der Waals surface area (Å²) < 4.78 is 43.0. The standard InChI is InChI=1S/C28H27FN2O3S/c1-18-10-15-25(16-19(18)2)35(33,34)26-20(3)21(4)31(17-22-8-6-5-7-9-22)27(26)30-28(32)23-11-13-24(29)14-12-23/h5-16H,17H2,1-4H3,(H,30,32). The zero-order chi connectivity index (χ0) is 25.3. The molecule has 0 unspecified atom stereocenters. The average molecular weight is 491 g/mol. The van der Waals surface area contributed by atoms with Crippen LogP contribution < -0.4 is 5.32 Å². The van der Waals surface area contributed by atoms with E-state index in [0.29, 0.717) is 12.1 Å². The SMILES string of the molecule is Cc1ccc(S(=O)(=O)c2c(C)c(C)n(Cc3ccccc3)c2NC(=O)c2ccc(F)cc2)cc1C. The van der Waals surface area contributed by atoms with Crippen molar-refractivity contribution in [3.63, 3.8) is 0 Å². The molecule has 7 heteroatoms. The Kier molecular flexibility index (Phi) is 6.63. The number of aromatic nitrogens is 1. The molecule has 0 saturated carbocycles. The van der Waals surface area contributed by atoms with Gasteiger partial charge in [0.2, 0.25) is 9.84 Å². The lowest BCUT2D eigenvalue weighted by Crippen LogP contribution is -2.18. The van der Waals surface area contributed by atoms with Crippen LogP contribution in [0.3, 0.4) is 0 Å². The van der Waals surface area contributed by atoms with Crippen LogP contribution in [0.4, 0.5) is 10.2 Å². The number of aryl methyl sites for hydroxylation is 2. The monoisotopic (exact) mass is 490 g/mol. The van der Waals surface area contributed by atoms with E-state index in [4.69, 9.17) is 0 Å². The van der Waals surface area contributed by atoms with Crippen molar-refractivity contribution in [1.82, 2.24) is 4.57 Å². The van der Waals surface area contributed by atoms with Gasteiger partial charge in [0, 0.05) is 17.8 Å². The van der Waals surface area contributed by atoms with E-state index in [1.807, 2.05) is 51.1 Å². The minimum Gasteiger partial charge on any atom is -0.326 e. The van der Waals surface area contributed by atoms with E-state index in [1.165, 1.54) is 24.3 Å². The Morgan fingerprint density at radius 3 is 2.17 bits per heavy atom. The molecule has 1 heterocycles. The van der Waals surface area contributed by atoms with Crippen LogP contribution >= 0.6 is 0 Å². The number of rotatable bonds is 6. The predicted octanol–water partition coefficient (Wildman–Crippen LogP) is 5.99. The smallest absolute Gasteiger partial charge is 0.256 e. The molecule has 0 bridgehead atoms. The largest absolute Gasteiger partial charge is 0.326 e. The second-order valence-corrected chi connectivity index (χ2v) is 10.6. The summed E-state index contributed by atoms with van der Waals surface area (Å²) in [7, 11) is -3.96. The number of sulfone groups is 1. The fourth-order valence-corrected chi connectivity index (χ4v) is 5.81. The molecule has 0 aliphatic carbocycles. The zero-order valence-electron chi connectivity index (χ0n) is 20.1. The Balaban J connectivity index is 1.89. The van der Waals surface area contributed by atoms with Crippen molar-refractivity contribution in [2.75, 3.05) is 5.32 Å². The van der Waals surface area contributed by atoms with E-state index >= 15 is 0 Å². The van der Waals surface area contributed by atoms with Gasteiger partial charge in [-0.1, -0.05) is 36.4 Å². The lowest BCUT2D eigenvalue weighted by atomic mass is 10.1. The fourth-order valence-electron chi connectivity index (χ4n) is 4.03. The molecule has 0 atom stereocenters. The molecule has 1 aromatic heterocycles. The quantitative estimate of drug-likeness (QED) is 0.361. The first-order valence-corrected chi connectivity index (χ1v) is 12.7. The summed E-state index contributed by atoms with van der Waals surface area (Å²) in [5.41, 5.74) is 4.32. The second kappa shape index (κ2) is 9.50. The number of anilines is 1. The highest BCUT2D eigenvalue weighted by molar-refractivity contribution is 7.91. The van der Waals surface area contributed by atoms with Gasteiger partial charge in [0.1, 0.15) is 16.5 Å². The third kappa shape index (κ3) is 4.77. The number of amides is 1. The molecule has 3 aromatic carbocycles. The van der Waals surface area contributed by atoms with Gasteiger partial charge in [-0.25, -0.2) is 12.8 Å². The lowest BCUT2D eigenvalue weighted by molar-refractivity contribution is 0.102. The van der Waals surface area contributed by atoms with Crippen molar-refractivity contribution in [3.8, 4) is 0 Å². The second-order valence-electron chi connectivity index (χ2n) is 8.67. The molecular weight excluding hydrogens is 463 g/mol. The van der Waals surface area contributed by atoms with Crippen LogP contribution in [-0.2, 0) is 16.4 Å². The van der Waals surface area contributed by atoms with Gasteiger partial charge in [0.05, 0.1) is 4.90 Å². The molecule has 0 spiro atoms. The first-order chi connectivity index (χ1) is 16.6. The number of carbonyl (C=O) groups is 1. The van der Waals surface area contributed by atoms with Crippen LogP contribution in [0.5, 0.6) is 0 Å². The number of halogens is 1. The molecular formula is C28H27FN2O3S. The van der Waals surface area contributed by atoms with Crippen molar-refractivity contribution >= 4 is 21.6 Å². The zero-order valence-corrected chi connectivity index (χ0v) is 20.9. The summed E-state index contributed by atoms with van der Waals surface area (Å²) in [6, 6.07) is 19.8. The van der Waals surface area contributed by atoms with Crippen molar-refractivity contribution < 1.29 is 17.6 Å². The average Bonchev–Trinajstić information content (AvgIpc) is 3.06. The lowest BCUT2D eigenvalue weighted by Gasteiger charge is -2.15. The molecule has 180 valence electrons. The number of nitrogens with zero attached hydrogens (tertiary/aromatic N) is 1. The third-order valence-electron chi connectivity index (χ3n) is 6.35. The predicted molar refractivity (Wildman–Crippen MR) is 135 cm³/mol. The Morgan fingerprint density at radius 1 is 0.886 bits per heavy atom. The number of hydrogen-bond donors (Lipinski definition) is 1. The Hall–Kier alpha value is -3.71. The minimum absolute atomic E-state index is 0.0599. The van der Waals surface area contributed by atoms with E-state index in [9.17, 15) is 17.6 Å². The molecule has 1 N–H and O–H groups in total. The Bertz CT molecular complexity index is 1510. The van der Waals surface area contributed by atoms with Gasteiger partial charge in [0.25, 0.3) is 5.91 Å². The number of nitrogens with one attached hydrogen (secondary N) is 1. The molecule has 0 radical (unpaired) electrons. The van der Waals surface area contributed by atoms with Gasteiger partial charge >= 0.3 is 0 Å². The first kappa shape index (κ1) is 24.4. The van der Waals surface area contributed by atoms with E-state index in [2.05, 4.69) is 5.32 Å². The van der Waals surface area contributed by atoms with Crippen LogP contribution in [0, 0.1) is 33.5 Å². The molecule has 0 aliphatic heterocycles. The van der Waals surface area contributed by atoms with Crippen LogP contribution in [-0.4, -0.2) is 18.9 Å². The van der Waals surface area contributed by atoms with Crippen molar-refractivity contribution in [2.45, 2.75) is 44.0 Å². The summed E-state index contributed by atoms with van der Waals surface area (Å²) in [6.07, 6.45) is 0. The van der Waals surface area contributed by atoms with Gasteiger partial charge in [0.15, 0.2) is 0 Å².